The van der Waals surface area contributed by atoms with Crippen LogP contribution in [0.2, 0.25) is 0 Å². The molecule has 0 saturated heterocycles. The van der Waals surface area contributed by atoms with Crippen LogP contribution in [-0.4, -0.2) is 14.2 Å². The predicted molar refractivity (Wildman–Crippen MR) is 120 cm³/mol. The monoisotopic (exact) mass is 394 g/mol. The molecular formula is C26H22N2O2. The summed E-state index contributed by atoms with van der Waals surface area (Å²) in [5.74, 6) is 1.28. The number of anilines is 1. The largest absolute Gasteiger partial charge is 0.493 e. The summed E-state index contributed by atoms with van der Waals surface area (Å²) in [6.45, 7) is 4.09. The second-order valence-corrected chi connectivity index (χ2v) is 6.97. The van der Waals surface area contributed by atoms with Gasteiger partial charge in [-0.15, -0.1) is 0 Å². The smallest absolute Gasteiger partial charge is 0.162 e. The summed E-state index contributed by atoms with van der Waals surface area (Å²) in [4.78, 5) is 2.14. The van der Waals surface area contributed by atoms with Gasteiger partial charge in [0.05, 0.1) is 26.3 Å². The summed E-state index contributed by atoms with van der Waals surface area (Å²) in [6.07, 6.45) is 2.16. The maximum absolute atomic E-state index is 9.78. The van der Waals surface area contributed by atoms with Gasteiger partial charge in [-0.05, 0) is 34.9 Å². The van der Waals surface area contributed by atoms with Gasteiger partial charge in [-0.2, -0.15) is 5.26 Å². The van der Waals surface area contributed by atoms with Crippen molar-refractivity contribution in [2.24, 2.45) is 0 Å². The molecule has 4 rings (SSSR count). The summed E-state index contributed by atoms with van der Waals surface area (Å²) in [6, 6.07) is 26.0. The third-order valence-electron chi connectivity index (χ3n) is 5.29. The molecule has 0 saturated carbocycles. The van der Waals surface area contributed by atoms with E-state index in [0.29, 0.717) is 17.1 Å². The maximum atomic E-state index is 9.78. The molecule has 3 aromatic carbocycles. The first kappa shape index (κ1) is 19.4. The first-order chi connectivity index (χ1) is 14.7. The molecule has 148 valence electrons. The van der Waals surface area contributed by atoms with Crippen molar-refractivity contribution in [3.8, 4) is 17.6 Å². The van der Waals surface area contributed by atoms with E-state index < -0.39 is 0 Å². The van der Waals surface area contributed by atoms with Crippen LogP contribution in [0.15, 0.2) is 84.9 Å². The second-order valence-electron chi connectivity index (χ2n) is 6.97. The molecule has 1 atom stereocenters. The minimum Gasteiger partial charge on any atom is -0.493 e. The lowest BCUT2D eigenvalue weighted by Gasteiger charge is -2.39. The van der Waals surface area contributed by atoms with Crippen molar-refractivity contribution in [2.45, 2.75) is 6.04 Å². The van der Waals surface area contributed by atoms with Crippen molar-refractivity contribution < 1.29 is 9.47 Å². The summed E-state index contributed by atoms with van der Waals surface area (Å²) < 4.78 is 11.0. The van der Waals surface area contributed by atoms with E-state index in [2.05, 4.69) is 47.9 Å². The van der Waals surface area contributed by atoms with Crippen molar-refractivity contribution >= 4 is 17.5 Å². The highest BCUT2D eigenvalue weighted by atomic mass is 16.5. The van der Waals surface area contributed by atoms with Gasteiger partial charge in [0, 0.05) is 23.0 Å². The summed E-state index contributed by atoms with van der Waals surface area (Å²) in [5, 5.41) is 9.78. The summed E-state index contributed by atoms with van der Waals surface area (Å²) in [5.41, 5.74) is 5.52. The quantitative estimate of drug-likeness (QED) is 0.510. The second kappa shape index (κ2) is 8.18. The van der Waals surface area contributed by atoms with Crippen molar-refractivity contribution in [1.82, 2.24) is 0 Å². The molecule has 1 aliphatic heterocycles. The molecule has 30 heavy (non-hydrogen) atoms. The number of nitrogens with zero attached hydrogens (tertiary/aromatic N) is 2. The first-order valence-corrected chi connectivity index (χ1v) is 9.64. The standard InChI is InChI=1S/C26H22N2O2/c1-18(17-27)26-22-12-8-7-11-20(22)15-23(19-9-5-4-6-10-19)28(26)21-13-14-24(29-2)25(16-21)30-3/h4-16,26H,1H2,2-3H3. The van der Waals surface area contributed by atoms with Crippen LogP contribution >= 0.6 is 0 Å². The fourth-order valence-corrected chi connectivity index (χ4v) is 3.89. The zero-order chi connectivity index (χ0) is 21.1. The van der Waals surface area contributed by atoms with Crippen LogP contribution in [0.25, 0.3) is 11.8 Å². The molecule has 0 spiro atoms. The number of fused-ring (bicyclic) bond motifs is 1. The SMILES string of the molecule is C=C(C#N)C1c2ccccc2C=C(c2ccccc2)N1c1ccc(OC)c(OC)c1. The van der Waals surface area contributed by atoms with E-state index in [-0.39, 0.29) is 6.04 Å². The van der Waals surface area contributed by atoms with Gasteiger partial charge < -0.3 is 14.4 Å². The molecular weight excluding hydrogens is 372 g/mol. The molecule has 4 heteroatoms. The molecule has 0 radical (unpaired) electrons. The Morgan fingerprint density at radius 3 is 2.33 bits per heavy atom. The zero-order valence-electron chi connectivity index (χ0n) is 17.0. The van der Waals surface area contributed by atoms with E-state index in [4.69, 9.17) is 9.47 Å². The highest BCUT2D eigenvalue weighted by molar-refractivity contribution is 5.95. The van der Waals surface area contributed by atoms with E-state index >= 15 is 0 Å². The Hall–Kier alpha value is -3.97. The number of methoxy groups -OCH3 is 2. The van der Waals surface area contributed by atoms with Crippen LogP contribution < -0.4 is 14.4 Å². The predicted octanol–water partition coefficient (Wildman–Crippen LogP) is 5.84. The molecule has 0 fully saturated rings. The van der Waals surface area contributed by atoms with Gasteiger partial charge in [-0.25, -0.2) is 0 Å². The van der Waals surface area contributed by atoms with E-state index in [9.17, 15) is 5.26 Å². The Morgan fingerprint density at radius 1 is 0.933 bits per heavy atom. The fraction of sp³-hybridized carbons (Fsp3) is 0.115. The topological polar surface area (TPSA) is 45.5 Å². The Balaban J connectivity index is 1.99. The minimum absolute atomic E-state index is 0.329. The lowest BCUT2D eigenvalue weighted by Crippen LogP contribution is -2.31. The first-order valence-electron chi connectivity index (χ1n) is 9.64. The Kier molecular flexibility index (Phi) is 5.28. The van der Waals surface area contributed by atoms with Gasteiger partial charge in [-0.3, -0.25) is 0 Å². The van der Waals surface area contributed by atoms with Crippen molar-refractivity contribution in [3.05, 3.63) is 102 Å². The summed E-state index contributed by atoms with van der Waals surface area (Å²) >= 11 is 0. The third-order valence-corrected chi connectivity index (χ3v) is 5.29. The average Bonchev–Trinajstić information content (AvgIpc) is 2.82. The normalized spacial score (nSPS) is 14.9. The van der Waals surface area contributed by atoms with Crippen molar-refractivity contribution in [3.63, 3.8) is 0 Å². The number of benzene rings is 3. The molecule has 0 aliphatic carbocycles. The van der Waals surface area contributed by atoms with Crippen LogP contribution in [0.5, 0.6) is 11.5 Å². The number of rotatable bonds is 5. The zero-order valence-corrected chi connectivity index (χ0v) is 17.0. The van der Waals surface area contributed by atoms with Crippen LogP contribution in [-0.2, 0) is 0 Å². The number of ether oxygens (including phenoxy) is 2. The van der Waals surface area contributed by atoms with Gasteiger partial charge in [0.1, 0.15) is 0 Å². The molecule has 1 unspecified atom stereocenters. The molecule has 0 aromatic heterocycles. The van der Waals surface area contributed by atoms with Gasteiger partial charge in [0.25, 0.3) is 0 Å². The van der Waals surface area contributed by atoms with E-state index in [0.717, 1.165) is 28.1 Å². The van der Waals surface area contributed by atoms with E-state index in [1.54, 1.807) is 14.2 Å². The molecule has 0 bridgehead atoms. The van der Waals surface area contributed by atoms with Crippen LogP contribution in [0, 0.1) is 11.3 Å². The summed E-state index contributed by atoms with van der Waals surface area (Å²) in [7, 11) is 3.23. The van der Waals surface area contributed by atoms with Gasteiger partial charge in [-0.1, -0.05) is 61.2 Å². The lowest BCUT2D eigenvalue weighted by atomic mass is 9.88. The fourth-order valence-electron chi connectivity index (χ4n) is 3.89. The Bertz CT molecular complexity index is 1160. The number of hydrogen-bond acceptors (Lipinski definition) is 4. The van der Waals surface area contributed by atoms with Crippen LogP contribution in [0.4, 0.5) is 5.69 Å². The van der Waals surface area contributed by atoms with Crippen molar-refractivity contribution in [1.29, 1.82) is 5.26 Å². The molecule has 1 aliphatic rings. The van der Waals surface area contributed by atoms with Gasteiger partial charge in [0.15, 0.2) is 11.5 Å². The highest BCUT2D eigenvalue weighted by Crippen LogP contribution is 2.46. The molecule has 3 aromatic rings. The Labute approximate surface area is 176 Å². The minimum atomic E-state index is -0.329. The average molecular weight is 394 g/mol. The molecule has 0 amide bonds. The van der Waals surface area contributed by atoms with E-state index in [1.165, 1.54) is 0 Å². The number of nitriles is 1. The van der Waals surface area contributed by atoms with Crippen molar-refractivity contribution in [2.75, 3.05) is 19.1 Å². The third kappa shape index (κ3) is 3.31. The van der Waals surface area contributed by atoms with Gasteiger partial charge >= 0.3 is 0 Å². The maximum Gasteiger partial charge on any atom is 0.162 e. The van der Waals surface area contributed by atoms with Gasteiger partial charge in [0.2, 0.25) is 0 Å². The highest BCUT2D eigenvalue weighted by Gasteiger charge is 2.32. The molecule has 1 heterocycles. The van der Waals surface area contributed by atoms with Crippen LogP contribution in [0.3, 0.4) is 0 Å². The molecule has 4 nitrogen and oxygen atoms in total. The van der Waals surface area contributed by atoms with Crippen LogP contribution in [0.1, 0.15) is 22.7 Å². The number of hydrogen-bond donors (Lipinski definition) is 0. The van der Waals surface area contributed by atoms with E-state index in [1.807, 2.05) is 48.5 Å². The molecule has 0 N–H and O–H groups in total. The Morgan fingerprint density at radius 2 is 1.63 bits per heavy atom. The lowest BCUT2D eigenvalue weighted by molar-refractivity contribution is 0.355.